The Bertz CT molecular complexity index is 524. The fourth-order valence-electron chi connectivity index (χ4n) is 2.23. The number of hydrogen-bond donors (Lipinski definition) is 2. The molecule has 1 atom stereocenters. The molecule has 0 aromatic heterocycles. The minimum absolute atomic E-state index is 0.162. The SMILES string of the molecule is N#Cc1c(N)cccc1OC[C@H]1CCCN1C(=O)O. The van der Waals surface area contributed by atoms with E-state index in [1.54, 1.807) is 18.2 Å². The summed E-state index contributed by atoms with van der Waals surface area (Å²) >= 11 is 0. The second-order valence-electron chi connectivity index (χ2n) is 4.42. The van der Waals surface area contributed by atoms with Crippen molar-refractivity contribution in [1.29, 1.82) is 5.26 Å². The van der Waals surface area contributed by atoms with E-state index in [9.17, 15) is 4.79 Å². The first-order chi connectivity index (χ1) is 9.13. The zero-order valence-corrected chi connectivity index (χ0v) is 10.4. The molecular weight excluding hydrogens is 246 g/mol. The molecule has 2 rings (SSSR count). The summed E-state index contributed by atoms with van der Waals surface area (Å²) in [5.41, 5.74) is 6.34. The molecule has 0 aliphatic carbocycles. The fraction of sp³-hybridized carbons (Fsp3) is 0.385. The number of nitrogens with zero attached hydrogens (tertiary/aromatic N) is 2. The number of ether oxygens (including phenoxy) is 1. The standard InChI is InChI=1S/C13H15N3O3/c14-7-10-11(15)4-1-5-12(10)19-8-9-3-2-6-16(9)13(17)18/h1,4-5,9H,2-3,6,8,15H2,(H,17,18)/t9-/m1/s1. The monoisotopic (exact) mass is 261 g/mol. The lowest BCUT2D eigenvalue weighted by molar-refractivity contribution is 0.123. The van der Waals surface area contributed by atoms with E-state index in [2.05, 4.69) is 0 Å². The lowest BCUT2D eigenvalue weighted by Gasteiger charge is -2.22. The van der Waals surface area contributed by atoms with Gasteiger partial charge < -0.3 is 20.5 Å². The van der Waals surface area contributed by atoms with Crippen molar-refractivity contribution in [2.24, 2.45) is 0 Å². The maximum atomic E-state index is 11.0. The molecular formula is C13H15N3O3. The van der Waals surface area contributed by atoms with Gasteiger partial charge in [0, 0.05) is 6.54 Å². The number of nitrogens with two attached hydrogens (primary N) is 1. The molecule has 1 aliphatic rings. The van der Waals surface area contributed by atoms with Crippen molar-refractivity contribution in [2.45, 2.75) is 18.9 Å². The molecule has 1 fully saturated rings. The quantitative estimate of drug-likeness (QED) is 0.806. The highest BCUT2D eigenvalue weighted by molar-refractivity contribution is 5.66. The van der Waals surface area contributed by atoms with Crippen LogP contribution in [0.15, 0.2) is 18.2 Å². The Balaban J connectivity index is 2.05. The van der Waals surface area contributed by atoms with Gasteiger partial charge in [-0.1, -0.05) is 6.07 Å². The van der Waals surface area contributed by atoms with Gasteiger partial charge in [-0.25, -0.2) is 4.79 Å². The number of anilines is 1. The number of nitrogen functional groups attached to an aromatic ring is 1. The molecule has 0 unspecified atom stereocenters. The van der Waals surface area contributed by atoms with Gasteiger partial charge in [-0.2, -0.15) is 5.26 Å². The number of amides is 1. The largest absolute Gasteiger partial charge is 0.490 e. The molecule has 1 saturated heterocycles. The first kappa shape index (κ1) is 13.0. The Kier molecular flexibility index (Phi) is 3.76. The Hall–Kier alpha value is -2.42. The number of carbonyl (C=O) groups is 1. The molecule has 1 amide bonds. The molecule has 1 aromatic rings. The van der Waals surface area contributed by atoms with Gasteiger partial charge in [-0.15, -0.1) is 0 Å². The number of rotatable bonds is 3. The third-order valence-corrected chi connectivity index (χ3v) is 3.22. The van der Waals surface area contributed by atoms with E-state index in [-0.39, 0.29) is 12.6 Å². The zero-order chi connectivity index (χ0) is 13.8. The van der Waals surface area contributed by atoms with Crippen LogP contribution in [-0.2, 0) is 0 Å². The van der Waals surface area contributed by atoms with Crippen LogP contribution >= 0.6 is 0 Å². The van der Waals surface area contributed by atoms with Gasteiger partial charge in [0.05, 0.1) is 11.7 Å². The highest BCUT2D eigenvalue weighted by Gasteiger charge is 2.29. The summed E-state index contributed by atoms with van der Waals surface area (Å²) in [6.07, 6.45) is 0.679. The van der Waals surface area contributed by atoms with Crippen LogP contribution < -0.4 is 10.5 Å². The van der Waals surface area contributed by atoms with Crippen LogP contribution in [0.4, 0.5) is 10.5 Å². The minimum Gasteiger partial charge on any atom is -0.490 e. The number of nitriles is 1. The van der Waals surface area contributed by atoms with Crippen LogP contribution in [0.1, 0.15) is 18.4 Å². The maximum absolute atomic E-state index is 11.0. The van der Waals surface area contributed by atoms with Crippen molar-refractivity contribution in [2.75, 3.05) is 18.9 Å². The second-order valence-corrected chi connectivity index (χ2v) is 4.42. The van der Waals surface area contributed by atoms with Crippen molar-refractivity contribution < 1.29 is 14.6 Å². The molecule has 0 spiro atoms. The fourth-order valence-corrected chi connectivity index (χ4v) is 2.23. The van der Waals surface area contributed by atoms with Gasteiger partial charge in [0.25, 0.3) is 0 Å². The van der Waals surface area contributed by atoms with E-state index in [0.29, 0.717) is 23.5 Å². The molecule has 6 nitrogen and oxygen atoms in total. The van der Waals surface area contributed by atoms with E-state index < -0.39 is 6.09 Å². The number of carboxylic acid groups (broad SMARTS) is 1. The summed E-state index contributed by atoms with van der Waals surface area (Å²) in [6.45, 7) is 0.774. The van der Waals surface area contributed by atoms with Crippen LogP contribution in [0.2, 0.25) is 0 Å². The van der Waals surface area contributed by atoms with E-state index in [1.807, 2.05) is 6.07 Å². The van der Waals surface area contributed by atoms with E-state index in [1.165, 1.54) is 4.90 Å². The molecule has 6 heteroatoms. The second kappa shape index (κ2) is 5.48. The Morgan fingerprint density at radius 3 is 3.11 bits per heavy atom. The first-order valence-electron chi connectivity index (χ1n) is 6.04. The van der Waals surface area contributed by atoms with Crippen molar-refractivity contribution >= 4 is 11.8 Å². The molecule has 0 bridgehead atoms. The summed E-state index contributed by atoms with van der Waals surface area (Å²) < 4.78 is 5.57. The topological polar surface area (TPSA) is 99.6 Å². The third kappa shape index (κ3) is 2.71. The highest BCUT2D eigenvalue weighted by Crippen LogP contribution is 2.25. The van der Waals surface area contributed by atoms with Crippen LogP contribution in [-0.4, -0.2) is 35.3 Å². The average molecular weight is 261 g/mol. The summed E-state index contributed by atoms with van der Waals surface area (Å²) in [4.78, 5) is 12.4. The summed E-state index contributed by atoms with van der Waals surface area (Å²) in [6, 6.07) is 6.83. The molecule has 1 aromatic carbocycles. The average Bonchev–Trinajstić information content (AvgIpc) is 2.84. The van der Waals surface area contributed by atoms with Gasteiger partial charge >= 0.3 is 6.09 Å². The first-order valence-corrected chi connectivity index (χ1v) is 6.04. The van der Waals surface area contributed by atoms with Crippen molar-refractivity contribution in [3.05, 3.63) is 23.8 Å². The van der Waals surface area contributed by atoms with Gasteiger partial charge in [0.2, 0.25) is 0 Å². The zero-order valence-electron chi connectivity index (χ0n) is 10.4. The highest BCUT2D eigenvalue weighted by atomic mass is 16.5. The number of hydrogen-bond acceptors (Lipinski definition) is 4. The molecule has 100 valence electrons. The molecule has 0 saturated carbocycles. The summed E-state index contributed by atoms with van der Waals surface area (Å²) in [5, 5.41) is 18.0. The van der Waals surface area contributed by atoms with Crippen LogP contribution in [0, 0.1) is 11.3 Å². The number of benzene rings is 1. The molecule has 19 heavy (non-hydrogen) atoms. The van der Waals surface area contributed by atoms with Crippen LogP contribution in [0.25, 0.3) is 0 Å². The van der Waals surface area contributed by atoms with Crippen molar-refractivity contribution in [3.8, 4) is 11.8 Å². The molecule has 1 aliphatic heterocycles. The Labute approximate surface area is 111 Å². The Morgan fingerprint density at radius 1 is 1.63 bits per heavy atom. The maximum Gasteiger partial charge on any atom is 0.407 e. The van der Waals surface area contributed by atoms with Gasteiger partial charge in [0.1, 0.15) is 24.0 Å². The van der Waals surface area contributed by atoms with Crippen LogP contribution in [0.3, 0.4) is 0 Å². The van der Waals surface area contributed by atoms with Crippen LogP contribution in [0.5, 0.6) is 5.75 Å². The van der Waals surface area contributed by atoms with Gasteiger partial charge in [-0.05, 0) is 25.0 Å². The van der Waals surface area contributed by atoms with Crippen molar-refractivity contribution in [1.82, 2.24) is 4.90 Å². The summed E-state index contributed by atoms with van der Waals surface area (Å²) in [5.74, 6) is 0.403. The molecule has 3 N–H and O–H groups in total. The van der Waals surface area contributed by atoms with Gasteiger partial charge in [0.15, 0.2) is 0 Å². The normalized spacial score (nSPS) is 18.1. The smallest absolute Gasteiger partial charge is 0.407 e. The van der Waals surface area contributed by atoms with E-state index in [4.69, 9.17) is 20.8 Å². The van der Waals surface area contributed by atoms with Gasteiger partial charge in [-0.3, -0.25) is 0 Å². The van der Waals surface area contributed by atoms with E-state index >= 15 is 0 Å². The Morgan fingerprint density at radius 2 is 2.42 bits per heavy atom. The molecule has 0 radical (unpaired) electrons. The minimum atomic E-state index is -0.931. The van der Waals surface area contributed by atoms with Crippen molar-refractivity contribution in [3.63, 3.8) is 0 Å². The lowest BCUT2D eigenvalue weighted by atomic mass is 10.2. The summed E-state index contributed by atoms with van der Waals surface area (Å²) in [7, 11) is 0. The predicted molar refractivity (Wildman–Crippen MR) is 68.8 cm³/mol. The predicted octanol–water partition coefficient (Wildman–Crippen LogP) is 1.66. The number of likely N-dealkylation sites (tertiary alicyclic amines) is 1. The van der Waals surface area contributed by atoms with E-state index in [0.717, 1.165) is 12.8 Å². The molecule has 1 heterocycles. The lowest BCUT2D eigenvalue weighted by Crippen LogP contribution is -2.38. The third-order valence-electron chi connectivity index (χ3n) is 3.22.